The largest absolute Gasteiger partial charge is 0.481 e. The van der Waals surface area contributed by atoms with Gasteiger partial charge in [-0.05, 0) is 30.5 Å². The van der Waals surface area contributed by atoms with Crippen LogP contribution in [0.3, 0.4) is 0 Å². The summed E-state index contributed by atoms with van der Waals surface area (Å²) in [6, 6.07) is 8.16. The van der Waals surface area contributed by atoms with Gasteiger partial charge in [-0.2, -0.15) is 5.26 Å². The number of hydrogen-bond acceptors (Lipinski definition) is 5. The monoisotopic (exact) mass is 388 g/mol. The molecule has 0 spiro atoms. The van der Waals surface area contributed by atoms with Crippen molar-refractivity contribution in [1.82, 2.24) is 10.6 Å². The Balaban J connectivity index is 2.44. The minimum absolute atomic E-state index is 0.0223. The Morgan fingerprint density at radius 1 is 1.14 bits per heavy atom. The standard InChI is InChI=1S/C19H24N4O5/c1-13(11-17(25)21-10-8-20)7-9-22-19(28)14-3-2-4-15(12-14)23-16(24)5-6-18(26)27/h2-4,12-13H,5-7,9-11H2,1H3,(H,21,25)(H,22,28)(H,23,24)(H,26,27). The fraction of sp³-hybridized carbons (Fsp3) is 0.421. The first-order valence-electron chi connectivity index (χ1n) is 8.85. The molecule has 0 aromatic heterocycles. The normalized spacial score (nSPS) is 11.0. The zero-order valence-electron chi connectivity index (χ0n) is 15.7. The van der Waals surface area contributed by atoms with E-state index in [1.807, 2.05) is 13.0 Å². The van der Waals surface area contributed by atoms with Crippen LogP contribution in [0.1, 0.15) is 43.0 Å². The number of carbonyl (C=O) groups is 4. The van der Waals surface area contributed by atoms with Crippen LogP contribution in [0.25, 0.3) is 0 Å². The highest BCUT2D eigenvalue weighted by atomic mass is 16.4. The van der Waals surface area contributed by atoms with Crippen molar-refractivity contribution in [2.24, 2.45) is 5.92 Å². The van der Waals surface area contributed by atoms with E-state index in [-0.39, 0.29) is 43.5 Å². The van der Waals surface area contributed by atoms with Crippen LogP contribution in [-0.4, -0.2) is 41.9 Å². The van der Waals surface area contributed by atoms with E-state index in [9.17, 15) is 19.2 Å². The van der Waals surface area contributed by atoms with Crippen LogP contribution in [0, 0.1) is 17.2 Å². The minimum atomic E-state index is -1.06. The number of anilines is 1. The van der Waals surface area contributed by atoms with Crippen LogP contribution < -0.4 is 16.0 Å². The molecule has 1 unspecified atom stereocenters. The maximum absolute atomic E-state index is 12.2. The predicted molar refractivity (Wildman–Crippen MR) is 101 cm³/mol. The lowest BCUT2D eigenvalue weighted by Crippen LogP contribution is -2.28. The maximum Gasteiger partial charge on any atom is 0.303 e. The van der Waals surface area contributed by atoms with Gasteiger partial charge in [0.1, 0.15) is 6.54 Å². The minimum Gasteiger partial charge on any atom is -0.481 e. The molecule has 0 aliphatic rings. The lowest BCUT2D eigenvalue weighted by molar-refractivity contribution is -0.138. The molecule has 3 amide bonds. The highest BCUT2D eigenvalue weighted by Crippen LogP contribution is 2.12. The average molecular weight is 388 g/mol. The van der Waals surface area contributed by atoms with Crippen LogP contribution in [0.5, 0.6) is 0 Å². The zero-order valence-corrected chi connectivity index (χ0v) is 15.7. The lowest BCUT2D eigenvalue weighted by atomic mass is 10.0. The van der Waals surface area contributed by atoms with Crippen LogP contribution >= 0.6 is 0 Å². The fourth-order valence-corrected chi connectivity index (χ4v) is 2.35. The van der Waals surface area contributed by atoms with E-state index in [4.69, 9.17) is 10.4 Å². The molecule has 150 valence electrons. The van der Waals surface area contributed by atoms with Gasteiger partial charge in [0.2, 0.25) is 11.8 Å². The smallest absolute Gasteiger partial charge is 0.303 e. The first-order chi connectivity index (χ1) is 13.3. The first kappa shape index (κ1) is 22.6. The molecule has 0 bridgehead atoms. The summed E-state index contributed by atoms with van der Waals surface area (Å²) >= 11 is 0. The number of nitrogens with one attached hydrogen (secondary N) is 3. The molecular weight excluding hydrogens is 364 g/mol. The Kier molecular flexibility index (Phi) is 9.75. The Labute approximate surface area is 163 Å². The number of amides is 3. The van der Waals surface area contributed by atoms with E-state index < -0.39 is 11.9 Å². The van der Waals surface area contributed by atoms with Crippen molar-refractivity contribution in [2.45, 2.75) is 32.6 Å². The van der Waals surface area contributed by atoms with Gasteiger partial charge in [0.15, 0.2) is 0 Å². The highest BCUT2D eigenvalue weighted by molar-refractivity contribution is 5.97. The number of rotatable bonds is 11. The molecule has 0 aliphatic heterocycles. The van der Waals surface area contributed by atoms with Gasteiger partial charge in [0.25, 0.3) is 5.91 Å². The molecule has 9 heteroatoms. The van der Waals surface area contributed by atoms with Gasteiger partial charge in [-0.3, -0.25) is 19.2 Å². The summed E-state index contributed by atoms with van der Waals surface area (Å²) in [7, 11) is 0. The quantitative estimate of drug-likeness (QED) is 0.420. The Morgan fingerprint density at radius 2 is 1.89 bits per heavy atom. The maximum atomic E-state index is 12.2. The van der Waals surface area contributed by atoms with E-state index in [2.05, 4.69) is 16.0 Å². The van der Waals surface area contributed by atoms with Crippen molar-refractivity contribution in [3.05, 3.63) is 29.8 Å². The molecule has 0 saturated carbocycles. The Hall–Kier alpha value is -3.41. The van der Waals surface area contributed by atoms with Gasteiger partial charge >= 0.3 is 5.97 Å². The number of carbonyl (C=O) groups excluding carboxylic acids is 3. The van der Waals surface area contributed by atoms with E-state index >= 15 is 0 Å². The zero-order chi connectivity index (χ0) is 20.9. The van der Waals surface area contributed by atoms with Crippen molar-refractivity contribution in [3.63, 3.8) is 0 Å². The topological polar surface area (TPSA) is 148 Å². The van der Waals surface area contributed by atoms with Crippen molar-refractivity contribution >= 4 is 29.4 Å². The third-order valence-electron chi connectivity index (χ3n) is 3.80. The fourth-order valence-electron chi connectivity index (χ4n) is 2.35. The summed E-state index contributed by atoms with van der Waals surface area (Å²) in [5.74, 6) is -1.98. The third-order valence-corrected chi connectivity index (χ3v) is 3.80. The number of hydrogen-bond donors (Lipinski definition) is 4. The number of nitrogens with zero attached hydrogens (tertiary/aromatic N) is 1. The molecule has 0 aliphatic carbocycles. The van der Waals surface area contributed by atoms with Gasteiger partial charge in [-0.15, -0.1) is 0 Å². The summed E-state index contributed by atoms with van der Waals surface area (Å²) in [5, 5.41) is 24.8. The van der Waals surface area contributed by atoms with Crippen molar-refractivity contribution in [2.75, 3.05) is 18.4 Å². The Morgan fingerprint density at radius 3 is 2.57 bits per heavy atom. The molecule has 9 nitrogen and oxygen atoms in total. The van der Waals surface area contributed by atoms with Crippen LogP contribution in [-0.2, 0) is 14.4 Å². The molecule has 1 aromatic carbocycles. The second-order valence-electron chi connectivity index (χ2n) is 6.31. The van der Waals surface area contributed by atoms with Crippen LogP contribution in [0.15, 0.2) is 24.3 Å². The first-order valence-corrected chi connectivity index (χ1v) is 8.85. The molecule has 0 saturated heterocycles. The van der Waals surface area contributed by atoms with E-state index in [1.54, 1.807) is 18.2 Å². The summed E-state index contributed by atoms with van der Waals surface area (Å²) in [6.07, 6.45) is 0.455. The second kappa shape index (κ2) is 12.1. The van der Waals surface area contributed by atoms with Crippen LogP contribution in [0.2, 0.25) is 0 Å². The molecule has 1 rings (SSSR count). The van der Waals surface area contributed by atoms with Gasteiger partial charge < -0.3 is 21.1 Å². The Bertz CT molecular complexity index is 757. The van der Waals surface area contributed by atoms with E-state index in [0.717, 1.165) is 0 Å². The highest BCUT2D eigenvalue weighted by Gasteiger charge is 2.11. The number of carboxylic acid groups (broad SMARTS) is 1. The number of benzene rings is 1. The molecule has 0 fully saturated rings. The van der Waals surface area contributed by atoms with Crippen LogP contribution in [0.4, 0.5) is 5.69 Å². The van der Waals surface area contributed by atoms with Gasteiger partial charge in [0, 0.05) is 30.6 Å². The summed E-state index contributed by atoms with van der Waals surface area (Å²) < 4.78 is 0. The third kappa shape index (κ3) is 9.33. The molecule has 1 aromatic rings. The van der Waals surface area contributed by atoms with E-state index in [0.29, 0.717) is 24.2 Å². The van der Waals surface area contributed by atoms with Gasteiger partial charge in [-0.25, -0.2) is 0 Å². The summed E-state index contributed by atoms with van der Waals surface area (Å²) in [4.78, 5) is 45.9. The predicted octanol–water partition coefficient (Wildman–Crippen LogP) is 1.28. The van der Waals surface area contributed by atoms with Crippen molar-refractivity contribution < 1.29 is 24.3 Å². The van der Waals surface area contributed by atoms with Crippen molar-refractivity contribution in [3.8, 4) is 6.07 Å². The van der Waals surface area contributed by atoms with E-state index in [1.165, 1.54) is 6.07 Å². The molecule has 0 radical (unpaired) electrons. The van der Waals surface area contributed by atoms with Gasteiger partial charge in [-0.1, -0.05) is 13.0 Å². The molecular formula is C19H24N4O5. The lowest BCUT2D eigenvalue weighted by Gasteiger charge is -2.12. The number of nitriles is 1. The summed E-state index contributed by atoms with van der Waals surface area (Å²) in [6.45, 7) is 2.23. The van der Waals surface area contributed by atoms with Gasteiger partial charge in [0.05, 0.1) is 12.5 Å². The summed E-state index contributed by atoms with van der Waals surface area (Å²) in [5.41, 5.74) is 0.765. The molecule has 4 N–H and O–H groups in total. The average Bonchev–Trinajstić information content (AvgIpc) is 2.64. The molecule has 1 atom stereocenters. The van der Waals surface area contributed by atoms with Crippen molar-refractivity contribution in [1.29, 1.82) is 5.26 Å². The number of aliphatic carboxylic acids is 1. The number of carboxylic acids is 1. The molecule has 0 heterocycles. The molecule has 28 heavy (non-hydrogen) atoms. The second-order valence-corrected chi connectivity index (χ2v) is 6.31. The SMILES string of the molecule is CC(CCNC(=O)c1cccc(NC(=O)CCC(=O)O)c1)CC(=O)NCC#N.